The normalized spacial score (nSPS) is 40.2. The highest BCUT2D eigenvalue weighted by Gasteiger charge is 2.54. The topological polar surface area (TPSA) is 0 Å². The first-order valence-corrected chi connectivity index (χ1v) is 11.9. The van der Waals surface area contributed by atoms with Crippen molar-refractivity contribution in [1.29, 1.82) is 0 Å². The molecule has 106 valence electrons. The molecule has 2 bridgehead atoms. The van der Waals surface area contributed by atoms with E-state index < -0.39 is 8.07 Å². The van der Waals surface area contributed by atoms with Gasteiger partial charge >= 0.3 is 0 Å². The second-order valence-electron chi connectivity index (χ2n) is 9.06. The number of rotatable bonds is 4. The molecule has 1 heteroatoms. The van der Waals surface area contributed by atoms with Crippen molar-refractivity contribution in [2.45, 2.75) is 66.2 Å². The molecule has 0 aromatic carbocycles. The van der Waals surface area contributed by atoms with Crippen LogP contribution in [-0.4, -0.2) is 8.07 Å². The highest BCUT2D eigenvalue weighted by atomic mass is 28.3. The molecule has 0 saturated heterocycles. The minimum Gasteiger partial charge on any atom is -0.0695 e. The maximum atomic E-state index is 2.56. The van der Waals surface area contributed by atoms with Crippen molar-refractivity contribution in [3.63, 3.8) is 0 Å². The molecule has 0 amide bonds. The molecule has 0 spiro atoms. The van der Waals surface area contributed by atoms with Crippen LogP contribution in [0.5, 0.6) is 0 Å². The Morgan fingerprint density at radius 1 is 0.889 bits per heavy atom. The maximum absolute atomic E-state index is 2.56. The lowest BCUT2D eigenvalue weighted by Gasteiger charge is -2.42. The molecule has 0 aromatic heterocycles. The summed E-state index contributed by atoms with van der Waals surface area (Å²) < 4.78 is 0. The van der Waals surface area contributed by atoms with E-state index in [4.69, 9.17) is 0 Å². The van der Waals surface area contributed by atoms with Crippen molar-refractivity contribution in [2.24, 2.45) is 41.4 Å². The van der Waals surface area contributed by atoms with Crippen molar-refractivity contribution in [3.8, 4) is 0 Å². The molecule has 5 atom stereocenters. The largest absolute Gasteiger partial charge is 0.0695 e. The SMILES string of the molecule is CC(C)C1C2CC(CC2C[Si](C)(C)C)[C@H]1C(C)C. The van der Waals surface area contributed by atoms with Gasteiger partial charge < -0.3 is 0 Å². The molecule has 0 nitrogen and oxygen atoms in total. The van der Waals surface area contributed by atoms with Crippen LogP contribution in [0.15, 0.2) is 0 Å². The van der Waals surface area contributed by atoms with Crippen LogP contribution in [0.3, 0.4) is 0 Å². The molecular weight excluding hydrogens is 232 g/mol. The van der Waals surface area contributed by atoms with Crippen molar-refractivity contribution in [1.82, 2.24) is 0 Å². The van der Waals surface area contributed by atoms with E-state index in [0.29, 0.717) is 0 Å². The van der Waals surface area contributed by atoms with Crippen LogP contribution < -0.4 is 0 Å². The first-order chi connectivity index (χ1) is 8.20. The van der Waals surface area contributed by atoms with Crippen LogP contribution >= 0.6 is 0 Å². The smallest absolute Gasteiger partial charge is 0.0445 e. The molecule has 2 aliphatic carbocycles. The van der Waals surface area contributed by atoms with E-state index >= 15 is 0 Å². The van der Waals surface area contributed by atoms with Crippen LogP contribution in [0.25, 0.3) is 0 Å². The number of hydrogen-bond donors (Lipinski definition) is 0. The first-order valence-electron chi connectivity index (χ1n) is 8.20. The third-order valence-corrected chi connectivity index (χ3v) is 7.43. The van der Waals surface area contributed by atoms with Crippen molar-refractivity contribution < 1.29 is 0 Å². The van der Waals surface area contributed by atoms with E-state index in [-0.39, 0.29) is 0 Å². The summed E-state index contributed by atoms with van der Waals surface area (Å²) in [5, 5.41) is 0. The van der Waals surface area contributed by atoms with Gasteiger partial charge in [0.15, 0.2) is 0 Å². The molecule has 0 aromatic rings. The summed E-state index contributed by atoms with van der Waals surface area (Å²) >= 11 is 0. The summed E-state index contributed by atoms with van der Waals surface area (Å²) in [6, 6.07) is 1.59. The van der Waals surface area contributed by atoms with Crippen LogP contribution in [-0.2, 0) is 0 Å². The Hall–Kier alpha value is 0.217. The van der Waals surface area contributed by atoms with E-state index in [2.05, 4.69) is 47.3 Å². The minimum atomic E-state index is -0.873. The van der Waals surface area contributed by atoms with Crippen LogP contribution in [0.1, 0.15) is 40.5 Å². The molecular formula is C17H34Si. The Morgan fingerprint density at radius 2 is 1.44 bits per heavy atom. The summed E-state index contributed by atoms with van der Waals surface area (Å²) in [5.41, 5.74) is 0. The van der Waals surface area contributed by atoms with Crippen molar-refractivity contribution >= 4 is 8.07 Å². The molecule has 2 aliphatic rings. The molecule has 18 heavy (non-hydrogen) atoms. The second kappa shape index (κ2) is 4.96. The van der Waals surface area contributed by atoms with E-state index in [9.17, 15) is 0 Å². The van der Waals surface area contributed by atoms with E-state index in [0.717, 1.165) is 41.4 Å². The fraction of sp³-hybridized carbons (Fsp3) is 1.00. The van der Waals surface area contributed by atoms with Crippen molar-refractivity contribution in [2.75, 3.05) is 0 Å². The molecule has 0 N–H and O–H groups in total. The molecule has 2 saturated carbocycles. The highest BCUT2D eigenvalue weighted by Crippen LogP contribution is 2.61. The van der Waals surface area contributed by atoms with Gasteiger partial charge in [0.25, 0.3) is 0 Å². The van der Waals surface area contributed by atoms with Gasteiger partial charge in [-0.1, -0.05) is 53.4 Å². The van der Waals surface area contributed by atoms with Gasteiger partial charge in [-0.05, 0) is 54.3 Å². The van der Waals surface area contributed by atoms with Gasteiger partial charge in [0.1, 0.15) is 0 Å². The summed E-state index contributed by atoms with van der Waals surface area (Å²) in [6.45, 7) is 17.6. The van der Waals surface area contributed by atoms with Crippen LogP contribution in [0.2, 0.25) is 25.7 Å². The third kappa shape index (κ3) is 2.71. The lowest BCUT2D eigenvalue weighted by Crippen LogP contribution is -2.37. The summed E-state index contributed by atoms with van der Waals surface area (Å²) in [7, 11) is -0.873. The van der Waals surface area contributed by atoms with Crippen molar-refractivity contribution in [3.05, 3.63) is 0 Å². The van der Waals surface area contributed by atoms with Gasteiger partial charge in [0.2, 0.25) is 0 Å². The second-order valence-corrected chi connectivity index (χ2v) is 14.6. The van der Waals surface area contributed by atoms with Gasteiger partial charge in [-0.2, -0.15) is 0 Å². The summed E-state index contributed by atoms with van der Waals surface area (Å²) in [5.74, 6) is 7.11. The Balaban J connectivity index is 2.12. The summed E-state index contributed by atoms with van der Waals surface area (Å²) in [6.07, 6.45) is 3.14. The van der Waals surface area contributed by atoms with Gasteiger partial charge in [-0.3, -0.25) is 0 Å². The predicted octanol–water partition coefficient (Wildman–Crippen LogP) is 5.53. The fourth-order valence-electron chi connectivity index (χ4n) is 5.54. The summed E-state index contributed by atoms with van der Waals surface area (Å²) in [4.78, 5) is 0. The Bertz CT molecular complexity index is 286. The highest BCUT2D eigenvalue weighted by molar-refractivity contribution is 6.76. The van der Waals surface area contributed by atoms with Gasteiger partial charge in [0, 0.05) is 8.07 Å². The van der Waals surface area contributed by atoms with Gasteiger partial charge in [-0.25, -0.2) is 0 Å². The quantitative estimate of drug-likeness (QED) is 0.587. The van der Waals surface area contributed by atoms with E-state index in [1.54, 1.807) is 18.9 Å². The molecule has 2 fully saturated rings. The monoisotopic (exact) mass is 266 g/mol. The molecule has 0 heterocycles. The number of hydrogen-bond acceptors (Lipinski definition) is 0. The first kappa shape index (κ1) is 14.6. The predicted molar refractivity (Wildman–Crippen MR) is 84.5 cm³/mol. The molecule has 4 unspecified atom stereocenters. The standard InChI is InChI=1S/C17H34Si/c1-11(2)16-13-8-14(10-18(5,6)7)15(9-13)17(16)12(3)4/h11-17H,8-10H2,1-7H3/t13?,14?,15?,16-,17?/m1/s1. The Morgan fingerprint density at radius 3 is 1.89 bits per heavy atom. The third-order valence-electron chi connectivity index (χ3n) is 5.68. The fourth-order valence-corrected chi connectivity index (χ4v) is 7.58. The Kier molecular flexibility index (Phi) is 4.03. The van der Waals surface area contributed by atoms with Gasteiger partial charge in [-0.15, -0.1) is 0 Å². The minimum absolute atomic E-state index is 0.873. The average Bonchev–Trinajstić information content (AvgIpc) is 2.70. The zero-order valence-electron chi connectivity index (χ0n) is 13.7. The zero-order valence-corrected chi connectivity index (χ0v) is 14.7. The molecule has 2 rings (SSSR count). The lowest BCUT2D eigenvalue weighted by atomic mass is 9.66. The Labute approximate surface area is 116 Å². The maximum Gasteiger partial charge on any atom is 0.0445 e. The molecule has 0 aliphatic heterocycles. The lowest BCUT2D eigenvalue weighted by molar-refractivity contribution is 0.0918. The van der Waals surface area contributed by atoms with Crippen LogP contribution in [0.4, 0.5) is 0 Å². The van der Waals surface area contributed by atoms with Gasteiger partial charge in [0.05, 0.1) is 0 Å². The number of fused-ring (bicyclic) bond motifs is 2. The zero-order chi connectivity index (χ0) is 13.7. The van der Waals surface area contributed by atoms with Crippen LogP contribution in [0, 0.1) is 41.4 Å². The average molecular weight is 267 g/mol. The molecule has 0 radical (unpaired) electrons. The van der Waals surface area contributed by atoms with E-state index in [1.165, 1.54) is 0 Å². The van der Waals surface area contributed by atoms with E-state index in [1.807, 2.05) is 0 Å².